The first kappa shape index (κ1) is 12.8. The standard InChI is InChI=1S/C15H21N3/c1-12(2)16-10-14-6-4-5-7-15(14)11-18-13(3)8-9-17-18/h4-9,12,16H,10-11H2,1-3H3. The van der Waals surface area contributed by atoms with Crippen molar-refractivity contribution in [2.75, 3.05) is 0 Å². The molecule has 0 atom stereocenters. The first-order valence-corrected chi connectivity index (χ1v) is 6.45. The van der Waals surface area contributed by atoms with Gasteiger partial charge in [0.1, 0.15) is 0 Å². The number of benzene rings is 1. The van der Waals surface area contributed by atoms with Crippen molar-refractivity contribution < 1.29 is 0 Å². The largest absolute Gasteiger partial charge is 0.310 e. The Kier molecular flexibility index (Phi) is 4.15. The summed E-state index contributed by atoms with van der Waals surface area (Å²) < 4.78 is 2.04. The van der Waals surface area contributed by atoms with E-state index in [1.807, 2.05) is 16.9 Å². The third-order valence-electron chi connectivity index (χ3n) is 3.07. The maximum atomic E-state index is 4.34. The van der Waals surface area contributed by atoms with Gasteiger partial charge in [-0.05, 0) is 24.1 Å². The van der Waals surface area contributed by atoms with Crippen LogP contribution in [0.1, 0.15) is 30.7 Å². The van der Waals surface area contributed by atoms with Gasteiger partial charge in [0.15, 0.2) is 0 Å². The van der Waals surface area contributed by atoms with Gasteiger partial charge in [-0.15, -0.1) is 0 Å². The predicted molar refractivity (Wildman–Crippen MR) is 74.5 cm³/mol. The lowest BCUT2D eigenvalue weighted by atomic mass is 10.1. The molecule has 2 rings (SSSR count). The summed E-state index contributed by atoms with van der Waals surface area (Å²) in [5.74, 6) is 0. The van der Waals surface area contributed by atoms with Crippen LogP contribution in [0.4, 0.5) is 0 Å². The number of hydrogen-bond donors (Lipinski definition) is 1. The molecule has 1 aromatic heterocycles. The minimum atomic E-state index is 0.504. The zero-order valence-electron chi connectivity index (χ0n) is 11.4. The van der Waals surface area contributed by atoms with E-state index < -0.39 is 0 Å². The zero-order chi connectivity index (χ0) is 13.0. The fraction of sp³-hybridized carbons (Fsp3) is 0.400. The van der Waals surface area contributed by atoms with Gasteiger partial charge in [0.2, 0.25) is 0 Å². The highest BCUT2D eigenvalue weighted by atomic mass is 15.3. The fourth-order valence-corrected chi connectivity index (χ4v) is 1.92. The number of hydrogen-bond acceptors (Lipinski definition) is 2. The van der Waals surface area contributed by atoms with Crippen LogP contribution in [0.3, 0.4) is 0 Å². The number of rotatable bonds is 5. The second-order valence-corrected chi connectivity index (χ2v) is 4.93. The van der Waals surface area contributed by atoms with Gasteiger partial charge >= 0.3 is 0 Å². The predicted octanol–water partition coefficient (Wildman–Crippen LogP) is 2.74. The Morgan fingerprint density at radius 2 is 1.89 bits per heavy atom. The van der Waals surface area contributed by atoms with Crippen molar-refractivity contribution in [1.29, 1.82) is 0 Å². The van der Waals surface area contributed by atoms with Crippen molar-refractivity contribution >= 4 is 0 Å². The van der Waals surface area contributed by atoms with Crippen LogP contribution in [0.5, 0.6) is 0 Å². The van der Waals surface area contributed by atoms with Gasteiger partial charge in [-0.1, -0.05) is 38.1 Å². The molecule has 3 heteroatoms. The van der Waals surface area contributed by atoms with Crippen molar-refractivity contribution in [1.82, 2.24) is 15.1 Å². The molecule has 18 heavy (non-hydrogen) atoms. The average Bonchev–Trinajstić information content (AvgIpc) is 2.74. The van der Waals surface area contributed by atoms with Crippen LogP contribution >= 0.6 is 0 Å². The highest BCUT2D eigenvalue weighted by molar-refractivity contribution is 5.27. The van der Waals surface area contributed by atoms with E-state index in [4.69, 9.17) is 0 Å². The van der Waals surface area contributed by atoms with Crippen molar-refractivity contribution in [3.63, 3.8) is 0 Å². The van der Waals surface area contributed by atoms with E-state index in [1.165, 1.54) is 16.8 Å². The summed E-state index contributed by atoms with van der Waals surface area (Å²) in [5.41, 5.74) is 3.88. The zero-order valence-corrected chi connectivity index (χ0v) is 11.4. The number of nitrogens with one attached hydrogen (secondary N) is 1. The molecule has 3 nitrogen and oxygen atoms in total. The summed E-state index contributed by atoms with van der Waals surface area (Å²) in [4.78, 5) is 0. The number of aromatic nitrogens is 2. The molecule has 1 N–H and O–H groups in total. The van der Waals surface area contributed by atoms with Gasteiger partial charge in [-0.25, -0.2) is 0 Å². The van der Waals surface area contributed by atoms with E-state index in [9.17, 15) is 0 Å². The normalized spacial score (nSPS) is 11.1. The molecule has 1 heterocycles. The van der Waals surface area contributed by atoms with Crippen molar-refractivity contribution in [3.05, 3.63) is 53.3 Å². The lowest BCUT2D eigenvalue weighted by molar-refractivity contribution is 0.581. The van der Waals surface area contributed by atoms with Crippen molar-refractivity contribution in [3.8, 4) is 0 Å². The molecular formula is C15H21N3. The van der Waals surface area contributed by atoms with Crippen LogP contribution in [-0.2, 0) is 13.1 Å². The lowest BCUT2D eigenvalue weighted by Crippen LogP contribution is -2.22. The molecule has 0 aliphatic heterocycles. The molecule has 2 aromatic rings. The molecule has 1 aromatic carbocycles. The second kappa shape index (κ2) is 5.83. The van der Waals surface area contributed by atoms with Gasteiger partial charge < -0.3 is 5.32 Å². The van der Waals surface area contributed by atoms with Crippen LogP contribution < -0.4 is 5.32 Å². The van der Waals surface area contributed by atoms with E-state index in [0.717, 1.165) is 13.1 Å². The summed E-state index contributed by atoms with van der Waals surface area (Å²) in [6.07, 6.45) is 1.85. The molecule has 0 spiro atoms. The summed E-state index contributed by atoms with van der Waals surface area (Å²) in [5, 5.41) is 7.81. The molecule has 0 saturated carbocycles. The summed E-state index contributed by atoms with van der Waals surface area (Å²) in [6, 6.07) is 11.1. The van der Waals surface area contributed by atoms with Gasteiger partial charge in [-0.2, -0.15) is 5.10 Å². The van der Waals surface area contributed by atoms with E-state index >= 15 is 0 Å². The van der Waals surface area contributed by atoms with Crippen LogP contribution in [-0.4, -0.2) is 15.8 Å². The Bertz CT molecular complexity index is 500. The van der Waals surface area contributed by atoms with E-state index in [-0.39, 0.29) is 0 Å². The molecular weight excluding hydrogens is 222 g/mol. The van der Waals surface area contributed by atoms with Gasteiger partial charge in [0, 0.05) is 24.5 Å². The van der Waals surface area contributed by atoms with Crippen LogP contribution in [0.15, 0.2) is 36.5 Å². The van der Waals surface area contributed by atoms with Crippen LogP contribution in [0.2, 0.25) is 0 Å². The van der Waals surface area contributed by atoms with Crippen molar-refractivity contribution in [2.24, 2.45) is 0 Å². The van der Waals surface area contributed by atoms with Crippen LogP contribution in [0, 0.1) is 6.92 Å². The Hall–Kier alpha value is -1.61. The fourth-order valence-electron chi connectivity index (χ4n) is 1.92. The smallest absolute Gasteiger partial charge is 0.0665 e. The summed E-state index contributed by atoms with van der Waals surface area (Å²) in [6.45, 7) is 8.17. The molecule has 0 amide bonds. The maximum absolute atomic E-state index is 4.34. The molecule has 0 bridgehead atoms. The molecule has 0 saturated heterocycles. The quantitative estimate of drug-likeness (QED) is 0.875. The third-order valence-corrected chi connectivity index (χ3v) is 3.07. The van der Waals surface area contributed by atoms with Gasteiger partial charge in [-0.3, -0.25) is 4.68 Å². The highest BCUT2D eigenvalue weighted by Crippen LogP contribution is 2.11. The highest BCUT2D eigenvalue weighted by Gasteiger charge is 2.05. The average molecular weight is 243 g/mol. The molecule has 0 fully saturated rings. The van der Waals surface area contributed by atoms with Gasteiger partial charge in [0.25, 0.3) is 0 Å². The first-order chi connectivity index (χ1) is 8.66. The number of nitrogens with zero attached hydrogens (tertiary/aromatic N) is 2. The summed E-state index contributed by atoms with van der Waals surface area (Å²) >= 11 is 0. The van der Waals surface area contributed by atoms with E-state index in [1.54, 1.807) is 0 Å². The molecule has 0 unspecified atom stereocenters. The third kappa shape index (κ3) is 3.20. The minimum absolute atomic E-state index is 0.504. The first-order valence-electron chi connectivity index (χ1n) is 6.45. The monoisotopic (exact) mass is 243 g/mol. The lowest BCUT2D eigenvalue weighted by Gasteiger charge is -2.13. The Morgan fingerprint density at radius 1 is 1.17 bits per heavy atom. The SMILES string of the molecule is Cc1ccnn1Cc1ccccc1CNC(C)C. The Morgan fingerprint density at radius 3 is 2.50 bits per heavy atom. The topological polar surface area (TPSA) is 29.9 Å². The van der Waals surface area contributed by atoms with E-state index in [0.29, 0.717) is 6.04 Å². The maximum Gasteiger partial charge on any atom is 0.0665 e. The van der Waals surface area contributed by atoms with Crippen molar-refractivity contribution in [2.45, 2.75) is 39.9 Å². The molecule has 0 aliphatic rings. The van der Waals surface area contributed by atoms with Gasteiger partial charge in [0.05, 0.1) is 6.54 Å². The Balaban J connectivity index is 2.14. The van der Waals surface area contributed by atoms with E-state index in [2.05, 4.69) is 55.5 Å². The minimum Gasteiger partial charge on any atom is -0.310 e. The molecule has 0 aliphatic carbocycles. The molecule has 0 radical (unpaired) electrons. The molecule has 96 valence electrons. The van der Waals surface area contributed by atoms with Crippen LogP contribution in [0.25, 0.3) is 0 Å². The second-order valence-electron chi connectivity index (χ2n) is 4.93. The Labute approximate surface area is 109 Å². The number of aryl methyl sites for hydroxylation is 1. The summed E-state index contributed by atoms with van der Waals surface area (Å²) in [7, 11) is 0.